The van der Waals surface area contributed by atoms with Gasteiger partial charge in [-0.15, -0.1) is 0 Å². The number of nitrogens with zero attached hydrogens (tertiary/aromatic N) is 2. The number of hydrogen-bond donors (Lipinski definition) is 0. The lowest BCUT2D eigenvalue weighted by Gasteiger charge is -2.52. The van der Waals surface area contributed by atoms with Gasteiger partial charge in [0.15, 0.2) is 0 Å². The van der Waals surface area contributed by atoms with Crippen LogP contribution in [0.2, 0.25) is 0 Å². The van der Waals surface area contributed by atoms with Crippen LogP contribution in [0.5, 0.6) is 0 Å². The van der Waals surface area contributed by atoms with Gasteiger partial charge in [0.1, 0.15) is 0 Å². The van der Waals surface area contributed by atoms with Gasteiger partial charge in [0.2, 0.25) is 0 Å². The quantitative estimate of drug-likeness (QED) is 0.726. The Balaban J connectivity index is 2.28. The molecule has 0 aromatic heterocycles. The Labute approximate surface area is 105 Å². The van der Waals surface area contributed by atoms with E-state index in [9.17, 15) is 0 Å². The average molecular weight is 230 g/mol. The van der Waals surface area contributed by atoms with E-state index < -0.39 is 0 Å². The molecule has 1 aliphatic carbocycles. The van der Waals surface area contributed by atoms with E-state index in [4.69, 9.17) is 5.26 Å². The van der Waals surface area contributed by atoms with E-state index in [-0.39, 0.29) is 5.54 Å². The second-order valence-electron chi connectivity index (χ2n) is 5.92. The number of allylic oxidation sites excluding steroid dienone is 4. The van der Waals surface area contributed by atoms with E-state index >= 15 is 0 Å². The van der Waals surface area contributed by atoms with Crippen LogP contribution in [0.1, 0.15) is 40.0 Å². The second-order valence-corrected chi connectivity index (χ2v) is 5.92. The van der Waals surface area contributed by atoms with Crippen molar-refractivity contribution < 1.29 is 0 Å². The molecule has 0 bridgehead atoms. The van der Waals surface area contributed by atoms with E-state index in [0.29, 0.717) is 12.3 Å². The van der Waals surface area contributed by atoms with Gasteiger partial charge in [-0.1, -0.05) is 19.1 Å². The molecule has 2 nitrogen and oxygen atoms in total. The molecule has 17 heavy (non-hydrogen) atoms. The summed E-state index contributed by atoms with van der Waals surface area (Å²) in [6, 6.07) is 2.27. The monoisotopic (exact) mass is 230 g/mol. The van der Waals surface area contributed by atoms with Crippen LogP contribution >= 0.6 is 0 Å². The molecule has 0 radical (unpaired) electrons. The molecular weight excluding hydrogens is 208 g/mol. The van der Waals surface area contributed by atoms with Gasteiger partial charge in [-0.2, -0.15) is 5.26 Å². The van der Waals surface area contributed by atoms with Crippen LogP contribution in [0.4, 0.5) is 0 Å². The molecule has 1 saturated heterocycles. The lowest BCUT2D eigenvalue weighted by molar-refractivity contribution is 0.0611. The zero-order valence-corrected chi connectivity index (χ0v) is 11.1. The maximum Gasteiger partial charge on any atom is 0.0640 e. The van der Waals surface area contributed by atoms with Gasteiger partial charge in [0, 0.05) is 23.7 Å². The fourth-order valence-electron chi connectivity index (χ4n) is 3.43. The maximum absolute atomic E-state index is 8.81. The highest BCUT2D eigenvalue weighted by atomic mass is 15.2. The van der Waals surface area contributed by atoms with Crippen molar-refractivity contribution in [3.05, 3.63) is 23.9 Å². The van der Waals surface area contributed by atoms with Crippen molar-refractivity contribution in [3.63, 3.8) is 0 Å². The van der Waals surface area contributed by atoms with Gasteiger partial charge >= 0.3 is 0 Å². The molecule has 1 heterocycles. The van der Waals surface area contributed by atoms with Crippen LogP contribution in [-0.4, -0.2) is 17.0 Å². The molecule has 2 heteroatoms. The lowest BCUT2D eigenvalue weighted by Crippen LogP contribution is -2.52. The predicted octanol–water partition coefficient (Wildman–Crippen LogP) is 3.48. The third-order valence-electron chi connectivity index (χ3n) is 4.17. The Morgan fingerprint density at radius 3 is 3.00 bits per heavy atom. The summed E-state index contributed by atoms with van der Waals surface area (Å²) in [5.41, 5.74) is 1.63. The minimum atomic E-state index is 0.184. The molecule has 1 fully saturated rings. The molecule has 2 rings (SSSR count). The van der Waals surface area contributed by atoms with Gasteiger partial charge in [-0.3, -0.25) is 0 Å². The van der Waals surface area contributed by atoms with Gasteiger partial charge < -0.3 is 4.90 Å². The van der Waals surface area contributed by atoms with Crippen LogP contribution in [0.25, 0.3) is 0 Å². The normalized spacial score (nSPS) is 30.5. The average Bonchev–Trinajstić information content (AvgIpc) is 2.28. The number of nitriles is 1. The number of hydrogen-bond acceptors (Lipinski definition) is 2. The third kappa shape index (κ3) is 2.24. The minimum absolute atomic E-state index is 0.184. The highest BCUT2D eigenvalue weighted by Crippen LogP contribution is 2.44. The first-order chi connectivity index (χ1) is 8.06. The minimum Gasteiger partial charge on any atom is -0.368 e. The van der Waals surface area contributed by atoms with Crippen LogP contribution in [-0.2, 0) is 0 Å². The zero-order chi connectivity index (χ0) is 12.5. The summed E-state index contributed by atoms with van der Waals surface area (Å²) in [5.74, 6) is 1.39. The number of likely N-dealkylation sites (tertiary alicyclic amines) is 1. The van der Waals surface area contributed by atoms with Gasteiger partial charge in [0.05, 0.1) is 12.5 Å². The zero-order valence-electron chi connectivity index (χ0n) is 11.1. The molecule has 0 saturated carbocycles. The van der Waals surface area contributed by atoms with Crippen molar-refractivity contribution in [2.45, 2.75) is 45.6 Å². The number of piperidine rings is 1. The van der Waals surface area contributed by atoms with E-state index in [1.54, 1.807) is 0 Å². The largest absolute Gasteiger partial charge is 0.368 e. The van der Waals surface area contributed by atoms with Crippen LogP contribution < -0.4 is 0 Å². The molecule has 0 amide bonds. The molecule has 2 atom stereocenters. The molecule has 2 unspecified atom stereocenters. The van der Waals surface area contributed by atoms with Crippen molar-refractivity contribution in [2.75, 3.05) is 6.54 Å². The van der Waals surface area contributed by atoms with E-state index in [1.165, 1.54) is 12.1 Å². The number of fused-ring (bicyclic) bond motifs is 1. The van der Waals surface area contributed by atoms with Crippen molar-refractivity contribution in [1.82, 2.24) is 4.90 Å². The molecule has 2 aliphatic rings. The summed E-state index contributed by atoms with van der Waals surface area (Å²) in [5, 5.41) is 8.81. The Morgan fingerprint density at radius 2 is 2.29 bits per heavy atom. The smallest absolute Gasteiger partial charge is 0.0640 e. The molecule has 0 spiro atoms. The molecule has 92 valence electrons. The Hall–Kier alpha value is -1.23. The first kappa shape index (κ1) is 12.2. The van der Waals surface area contributed by atoms with Crippen molar-refractivity contribution in [1.29, 1.82) is 5.26 Å². The summed E-state index contributed by atoms with van der Waals surface area (Å²) >= 11 is 0. The Morgan fingerprint density at radius 1 is 1.53 bits per heavy atom. The topological polar surface area (TPSA) is 27.0 Å². The molecular formula is C15H22N2. The van der Waals surface area contributed by atoms with Crippen LogP contribution in [0, 0.1) is 23.2 Å². The fourth-order valence-corrected chi connectivity index (χ4v) is 3.43. The SMILES string of the molecule is CC1CC(C)(C)N(CCC#N)C2=CC=CCC21. The first-order valence-electron chi connectivity index (χ1n) is 6.57. The Bertz CT molecular complexity index is 384. The predicted molar refractivity (Wildman–Crippen MR) is 70.1 cm³/mol. The third-order valence-corrected chi connectivity index (χ3v) is 4.17. The number of rotatable bonds is 2. The first-order valence-corrected chi connectivity index (χ1v) is 6.57. The summed E-state index contributed by atoms with van der Waals surface area (Å²) in [6.07, 6.45) is 9.68. The highest BCUT2D eigenvalue weighted by molar-refractivity contribution is 5.25. The van der Waals surface area contributed by atoms with Gasteiger partial charge in [-0.25, -0.2) is 0 Å². The summed E-state index contributed by atoms with van der Waals surface area (Å²) in [4.78, 5) is 2.46. The van der Waals surface area contributed by atoms with E-state index in [2.05, 4.69) is 50.0 Å². The molecule has 0 aromatic rings. The van der Waals surface area contributed by atoms with Crippen molar-refractivity contribution in [2.24, 2.45) is 11.8 Å². The van der Waals surface area contributed by atoms with Crippen LogP contribution in [0.15, 0.2) is 23.9 Å². The summed E-state index contributed by atoms with van der Waals surface area (Å²) < 4.78 is 0. The summed E-state index contributed by atoms with van der Waals surface area (Å²) in [7, 11) is 0. The van der Waals surface area contributed by atoms with E-state index in [0.717, 1.165) is 18.9 Å². The standard InChI is InChI=1S/C15H22N2/c1-12-11-15(2,3)17(10-6-9-16)14-8-5-4-7-13(12)14/h4-5,8,12-13H,6-7,10-11H2,1-3H3. The maximum atomic E-state index is 8.81. The fraction of sp³-hybridized carbons (Fsp3) is 0.667. The van der Waals surface area contributed by atoms with Crippen LogP contribution in [0.3, 0.4) is 0 Å². The lowest BCUT2D eigenvalue weighted by atomic mass is 9.72. The van der Waals surface area contributed by atoms with E-state index in [1.807, 2.05) is 0 Å². The second kappa shape index (κ2) is 4.56. The molecule has 1 aliphatic heterocycles. The summed E-state index contributed by atoms with van der Waals surface area (Å²) in [6.45, 7) is 7.83. The molecule has 0 N–H and O–H groups in total. The van der Waals surface area contributed by atoms with Gasteiger partial charge in [0.25, 0.3) is 0 Å². The van der Waals surface area contributed by atoms with Crippen molar-refractivity contribution in [3.8, 4) is 6.07 Å². The molecule has 0 aromatic carbocycles. The Kier molecular flexibility index (Phi) is 3.28. The van der Waals surface area contributed by atoms with Crippen molar-refractivity contribution >= 4 is 0 Å². The van der Waals surface area contributed by atoms with Gasteiger partial charge in [-0.05, 0) is 38.7 Å². The highest BCUT2D eigenvalue weighted by Gasteiger charge is 2.40.